The van der Waals surface area contributed by atoms with E-state index in [-0.39, 0.29) is 12.0 Å². The molecule has 0 spiro atoms. The summed E-state index contributed by atoms with van der Waals surface area (Å²) in [7, 11) is 0. The molecule has 0 saturated carbocycles. The second kappa shape index (κ2) is 4.37. The Kier molecular flexibility index (Phi) is 3.42. The maximum atomic E-state index is 10.2. The van der Waals surface area contributed by atoms with E-state index in [1.807, 2.05) is 0 Å². The molecule has 0 aliphatic carbocycles. The smallest absolute Gasteiger partial charge is 0.125 e. The van der Waals surface area contributed by atoms with E-state index >= 15 is 0 Å². The van der Waals surface area contributed by atoms with E-state index in [2.05, 4.69) is 17.4 Å². The summed E-state index contributed by atoms with van der Waals surface area (Å²) in [5.41, 5.74) is 0.580. The fourth-order valence-electron chi connectivity index (χ4n) is 1.80. The van der Waals surface area contributed by atoms with Gasteiger partial charge in [0.15, 0.2) is 0 Å². The first-order chi connectivity index (χ1) is 6.20. The molecule has 0 amide bonds. The second-order valence-electron chi connectivity index (χ2n) is 3.80. The lowest BCUT2D eigenvalue weighted by atomic mass is 9.92. The Morgan fingerprint density at radius 3 is 3.00 bits per heavy atom. The highest BCUT2D eigenvalue weighted by molar-refractivity contribution is 5.94. The molecule has 1 heterocycles. The zero-order valence-electron chi connectivity index (χ0n) is 7.92. The Morgan fingerprint density at radius 1 is 1.77 bits per heavy atom. The molecule has 13 heavy (non-hydrogen) atoms. The summed E-state index contributed by atoms with van der Waals surface area (Å²) in [6.45, 7) is 3.10. The number of hydrogen-bond donors (Lipinski definition) is 2. The minimum Gasteiger partial charge on any atom is -0.411 e. The average molecular weight is 184 g/mol. The van der Waals surface area contributed by atoms with Gasteiger partial charge in [0.25, 0.3) is 0 Å². The van der Waals surface area contributed by atoms with Gasteiger partial charge in [-0.15, -0.1) is 0 Å². The SMILES string of the molecule is C[C@@]1(CC(CC=O)=NO)CCCN1. The summed E-state index contributed by atoms with van der Waals surface area (Å²) in [5, 5.41) is 15.1. The Morgan fingerprint density at radius 2 is 2.54 bits per heavy atom. The van der Waals surface area contributed by atoms with Crippen LogP contribution in [0.5, 0.6) is 0 Å². The molecule has 0 aromatic heterocycles. The van der Waals surface area contributed by atoms with Crippen LogP contribution in [0.1, 0.15) is 32.6 Å². The van der Waals surface area contributed by atoms with Crippen molar-refractivity contribution in [2.45, 2.75) is 38.1 Å². The maximum Gasteiger partial charge on any atom is 0.125 e. The molecule has 0 unspecified atom stereocenters. The van der Waals surface area contributed by atoms with E-state index in [4.69, 9.17) is 5.21 Å². The van der Waals surface area contributed by atoms with Crippen molar-refractivity contribution in [3.05, 3.63) is 0 Å². The highest BCUT2D eigenvalue weighted by atomic mass is 16.4. The van der Waals surface area contributed by atoms with Crippen molar-refractivity contribution < 1.29 is 10.0 Å². The molecular formula is C9H16N2O2. The fourth-order valence-corrected chi connectivity index (χ4v) is 1.80. The van der Waals surface area contributed by atoms with Gasteiger partial charge in [-0.1, -0.05) is 5.16 Å². The van der Waals surface area contributed by atoms with Crippen molar-refractivity contribution in [1.29, 1.82) is 0 Å². The monoisotopic (exact) mass is 184 g/mol. The van der Waals surface area contributed by atoms with Crippen molar-refractivity contribution in [1.82, 2.24) is 5.32 Å². The first-order valence-electron chi connectivity index (χ1n) is 4.59. The standard InChI is InChI=1S/C9H16N2O2/c1-9(4-2-5-10-9)7-8(11-13)3-6-12/h6,10,13H,2-5,7H2,1H3/t9-/m0/s1. The minimum atomic E-state index is 0.0184. The third-order valence-electron chi connectivity index (χ3n) is 2.51. The van der Waals surface area contributed by atoms with Gasteiger partial charge in [-0.3, -0.25) is 0 Å². The van der Waals surface area contributed by atoms with Crippen molar-refractivity contribution in [2.24, 2.45) is 5.16 Å². The lowest BCUT2D eigenvalue weighted by Crippen LogP contribution is -2.38. The van der Waals surface area contributed by atoms with Crippen LogP contribution in [0.2, 0.25) is 0 Å². The van der Waals surface area contributed by atoms with Gasteiger partial charge in [0.2, 0.25) is 0 Å². The van der Waals surface area contributed by atoms with Gasteiger partial charge in [-0.05, 0) is 26.3 Å². The van der Waals surface area contributed by atoms with Gasteiger partial charge >= 0.3 is 0 Å². The van der Waals surface area contributed by atoms with E-state index in [9.17, 15) is 4.79 Å². The van der Waals surface area contributed by atoms with Crippen LogP contribution in [-0.2, 0) is 4.79 Å². The Bertz CT molecular complexity index is 208. The van der Waals surface area contributed by atoms with Crippen LogP contribution >= 0.6 is 0 Å². The molecule has 0 bridgehead atoms. The fraction of sp³-hybridized carbons (Fsp3) is 0.778. The van der Waals surface area contributed by atoms with Crippen LogP contribution < -0.4 is 5.32 Å². The molecule has 4 heteroatoms. The largest absolute Gasteiger partial charge is 0.411 e. The first-order valence-corrected chi connectivity index (χ1v) is 4.59. The number of oxime groups is 1. The molecule has 1 saturated heterocycles. The molecule has 0 radical (unpaired) electrons. The highest BCUT2D eigenvalue weighted by Crippen LogP contribution is 2.23. The van der Waals surface area contributed by atoms with Crippen LogP contribution in [0.25, 0.3) is 0 Å². The van der Waals surface area contributed by atoms with E-state index in [0.717, 1.165) is 25.7 Å². The molecule has 1 aliphatic rings. The zero-order valence-corrected chi connectivity index (χ0v) is 7.92. The molecule has 1 fully saturated rings. The Labute approximate surface area is 78.0 Å². The van der Waals surface area contributed by atoms with E-state index in [1.165, 1.54) is 0 Å². The summed E-state index contributed by atoms with van der Waals surface area (Å²) in [5.74, 6) is 0. The quantitative estimate of drug-likeness (QED) is 0.296. The summed E-state index contributed by atoms with van der Waals surface area (Å²) >= 11 is 0. The van der Waals surface area contributed by atoms with E-state index in [1.54, 1.807) is 0 Å². The number of carbonyl (C=O) groups is 1. The van der Waals surface area contributed by atoms with Crippen LogP contribution in [0, 0.1) is 0 Å². The third-order valence-corrected chi connectivity index (χ3v) is 2.51. The average Bonchev–Trinajstić information content (AvgIpc) is 2.51. The predicted molar refractivity (Wildman–Crippen MR) is 50.2 cm³/mol. The summed E-state index contributed by atoms with van der Waals surface area (Å²) in [4.78, 5) is 10.2. The van der Waals surface area contributed by atoms with E-state index < -0.39 is 0 Å². The topological polar surface area (TPSA) is 61.7 Å². The van der Waals surface area contributed by atoms with Gasteiger partial charge in [0.1, 0.15) is 6.29 Å². The normalized spacial score (nSPS) is 29.2. The van der Waals surface area contributed by atoms with Gasteiger partial charge in [0.05, 0.1) is 5.71 Å². The van der Waals surface area contributed by atoms with Gasteiger partial charge in [-0.2, -0.15) is 0 Å². The van der Waals surface area contributed by atoms with Crippen molar-refractivity contribution in [3.8, 4) is 0 Å². The molecule has 2 N–H and O–H groups in total. The molecule has 0 aromatic rings. The third kappa shape index (κ3) is 2.81. The molecule has 1 aliphatic heterocycles. The van der Waals surface area contributed by atoms with Crippen LogP contribution in [0.15, 0.2) is 5.16 Å². The lowest BCUT2D eigenvalue weighted by Gasteiger charge is -2.23. The molecule has 4 nitrogen and oxygen atoms in total. The number of carbonyl (C=O) groups excluding carboxylic acids is 1. The molecule has 1 atom stereocenters. The van der Waals surface area contributed by atoms with Crippen molar-refractivity contribution >= 4 is 12.0 Å². The van der Waals surface area contributed by atoms with Gasteiger partial charge < -0.3 is 15.3 Å². The summed E-state index contributed by atoms with van der Waals surface area (Å²) < 4.78 is 0. The summed E-state index contributed by atoms with van der Waals surface area (Å²) in [6, 6.07) is 0. The minimum absolute atomic E-state index is 0.0184. The predicted octanol–water partition coefficient (Wildman–Crippen LogP) is 0.938. The zero-order chi connectivity index (χ0) is 9.73. The Balaban J connectivity index is 2.49. The van der Waals surface area contributed by atoms with Crippen molar-refractivity contribution in [3.63, 3.8) is 0 Å². The van der Waals surface area contributed by atoms with Crippen LogP contribution in [-0.4, -0.2) is 29.3 Å². The Hall–Kier alpha value is -0.900. The van der Waals surface area contributed by atoms with Crippen LogP contribution in [0.3, 0.4) is 0 Å². The number of nitrogens with zero attached hydrogens (tertiary/aromatic N) is 1. The summed E-state index contributed by atoms with van der Waals surface area (Å²) in [6.07, 6.45) is 3.88. The molecule has 0 aromatic carbocycles. The van der Waals surface area contributed by atoms with Crippen LogP contribution in [0.4, 0.5) is 0 Å². The van der Waals surface area contributed by atoms with E-state index in [0.29, 0.717) is 12.1 Å². The van der Waals surface area contributed by atoms with Gasteiger partial charge in [-0.25, -0.2) is 0 Å². The molecule has 74 valence electrons. The lowest BCUT2D eigenvalue weighted by molar-refractivity contribution is -0.106. The molecular weight excluding hydrogens is 168 g/mol. The second-order valence-corrected chi connectivity index (χ2v) is 3.80. The molecule has 1 rings (SSSR count). The number of rotatable bonds is 4. The highest BCUT2D eigenvalue weighted by Gasteiger charge is 2.29. The maximum absolute atomic E-state index is 10.2. The van der Waals surface area contributed by atoms with Crippen molar-refractivity contribution in [2.75, 3.05) is 6.54 Å². The number of aldehydes is 1. The number of nitrogens with one attached hydrogen (secondary N) is 1. The van der Waals surface area contributed by atoms with Gasteiger partial charge in [0, 0.05) is 18.4 Å². The number of hydrogen-bond acceptors (Lipinski definition) is 4. The first kappa shape index (κ1) is 10.2.